The molecule has 5 aliphatic carbocycles. The molecule has 0 aromatic rings. The number of nitrogens with two attached hydrogens (primary N) is 1. The highest BCUT2D eigenvalue weighted by atomic mass is 16.6. The Hall–Kier alpha value is -1.30. The molecule has 0 heterocycles. The Morgan fingerprint density at radius 1 is 1.14 bits per heavy atom. The summed E-state index contributed by atoms with van der Waals surface area (Å²) in [6.45, 7) is 0. The molecule has 0 aromatic carbocycles. The fraction of sp³-hybridized carbons (Fsp3) is 0.867. The normalized spacial score (nSPS) is 45.2. The van der Waals surface area contributed by atoms with Crippen LogP contribution in [-0.2, 0) is 9.53 Å². The van der Waals surface area contributed by atoms with Gasteiger partial charge in [-0.2, -0.15) is 0 Å². The molecule has 4 N–H and O–H groups in total. The van der Waals surface area contributed by atoms with Crippen LogP contribution in [0.4, 0.5) is 4.79 Å². The molecule has 4 bridgehead atoms. The van der Waals surface area contributed by atoms with Gasteiger partial charge in [0.2, 0.25) is 0 Å². The van der Waals surface area contributed by atoms with E-state index in [4.69, 9.17) is 10.5 Å². The largest absolute Gasteiger partial charge is 0.433 e. The molecule has 0 aliphatic heterocycles. The van der Waals surface area contributed by atoms with Crippen LogP contribution in [0.1, 0.15) is 44.9 Å². The lowest BCUT2D eigenvalue weighted by Crippen LogP contribution is -2.62. The van der Waals surface area contributed by atoms with Crippen molar-refractivity contribution >= 4 is 12.0 Å². The van der Waals surface area contributed by atoms with Gasteiger partial charge in [0.25, 0.3) is 5.91 Å². The molecule has 5 saturated carbocycles. The van der Waals surface area contributed by atoms with E-state index in [1.54, 1.807) is 0 Å². The lowest BCUT2D eigenvalue weighted by molar-refractivity contribution is -0.151. The van der Waals surface area contributed by atoms with E-state index in [1.807, 2.05) is 0 Å². The van der Waals surface area contributed by atoms with Gasteiger partial charge in [0.15, 0.2) is 5.60 Å². The molecule has 0 radical (unpaired) electrons. The number of rotatable bonds is 3. The molecular weight excluding hydrogens is 272 g/mol. The van der Waals surface area contributed by atoms with Gasteiger partial charge < -0.3 is 20.9 Å². The summed E-state index contributed by atoms with van der Waals surface area (Å²) in [5.41, 5.74) is 3.53. The van der Waals surface area contributed by atoms with Crippen LogP contribution >= 0.6 is 0 Å². The monoisotopic (exact) mass is 294 g/mol. The summed E-state index contributed by atoms with van der Waals surface area (Å²) < 4.78 is 5.00. The Balaban J connectivity index is 1.46. The second kappa shape index (κ2) is 4.12. The summed E-state index contributed by atoms with van der Waals surface area (Å²) in [6.07, 6.45) is 4.90. The van der Waals surface area contributed by atoms with Crippen LogP contribution in [0.25, 0.3) is 0 Å². The van der Waals surface area contributed by atoms with E-state index in [2.05, 4.69) is 5.32 Å². The lowest BCUT2D eigenvalue weighted by Gasteiger charge is -2.58. The first-order chi connectivity index (χ1) is 9.89. The van der Waals surface area contributed by atoms with E-state index in [-0.39, 0.29) is 11.9 Å². The predicted octanol–water partition coefficient (Wildman–Crippen LogP) is 0.670. The second-order valence-corrected chi connectivity index (χ2v) is 7.61. The average molecular weight is 294 g/mol. The Morgan fingerprint density at radius 3 is 2.24 bits per heavy atom. The van der Waals surface area contributed by atoms with E-state index in [0.717, 1.165) is 32.1 Å². The van der Waals surface area contributed by atoms with E-state index >= 15 is 0 Å². The van der Waals surface area contributed by atoms with Crippen molar-refractivity contribution in [3.05, 3.63) is 0 Å². The lowest BCUT2D eigenvalue weighted by atomic mass is 9.52. The maximum absolute atomic E-state index is 12.4. The molecule has 0 spiro atoms. The van der Waals surface area contributed by atoms with Crippen molar-refractivity contribution in [2.75, 3.05) is 0 Å². The minimum Gasteiger partial charge on any atom is -0.433 e. The third-order valence-corrected chi connectivity index (χ3v) is 5.95. The maximum Gasteiger partial charge on any atom is 0.405 e. The third kappa shape index (κ3) is 2.11. The number of primary amides is 1. The Kier molecular flexibility index (Phi) is 2.62. The molecule has 2 atom stereocenters. The standard InChI is InChI=1S/C15H22N2O4/c16-13(19)21-15(1-2-15)12(18)17-11-9-3-8-4-10(11)7-14(20,5-8)6-9/h8-11,20H,1-7H2,(H2,16,19)(H,17,18). The summed E-state index contributed by atoms with van der Waals surface area (Å²) in [5, 5.41) is 13.7. The highest BCUT2D eigenvalue weighted by Crippen LogP contribution is 2.56. The van der Waals surface area contributed by atoms with Crippen LogP contribution < -0.4 is 11.1 Å². The van der Waals surface area contributed by atoms with Crippen molar-refractivity contribution in [3.8, 4) is 0 Å². The van der Waals surface area contributed by atoms with Crippen LogP contribution in [0.5, 0.6) is 0 Å². The summed E-state index contributed by atoms with van der Waals surface area (Å²) in [7, 11) is 0. The zero-order valence-corrected chi connectivity index (χ0v) is 12.0. The fourth-order valence-electron chi connectivity index (χ4n) is 5.18. The fourth-order valence-corrected chi connectivity index (χ4v) is 5.18. The van der Waals surface area contributed by atoms with E-state index in [1.165, 1.54) is 0 Å². The maximum atomic E-state index is 12.4. The van der Waals surface area contributed by atoms with Gasteiger partial charge in [0.1, 0.15) is 0 Å². The van der Waals surface area contributed by atoms with Crippen molar-refractivity contribution in [2.45, 2.75) is 62.2 Å². The van der Waals surface area contributed by atoms with Gasteiger partial charge in [-0.15, -0.1) is 0 Å². The molecule has 2 unspecified atom stereocenters. The van der Waals surface area contributed by atoms with Crippen molar-refractivity contribution in [1.29, 1.82) is 0 Å². The first-order valence-electron chi connectivity index (χ1n) is 7.91. The zero-order chi connectivity index (χ0) is 14.8. The second-order valence-electron chi connectivity index (χ2n) is 7.61. The van der Waals surface area contributed by atoms with Crippen molar-refractivity contribution in [2.24, 2.45) is 23.5 Å². The Bertz CT molecular complexity index is 486. The number of ether oxygens (including phenoxy) is 1. The van der Waals surface area contributed by atoms with Crippen LogP contribution in [0.2, 0.25) is 0 Å². The number of carbonyl (C=O) groups is 2. The molecule has 6 heteroatoms. The van der Waals surface area contributed by atoms with E-state index in [9.17, 15) is 14.7 Å². The highest BCUT2D eigenvalue weighted by Gasteiger charge is 2.58. The number of carbonyl (C=O) groups excluding carboxylic acids is 2. The first-order valence-corrected chi connectivity index (χ1v) is 7.91. The number of hydrogen-bond acceptors (Lipinski definition) is 4. The zero-order valence-electron chi connectivity index (χ0n) is 12.0. The van der Waals surface area contributed by atoms with Gasteiger partial charge >= 0.3 is 6.09 Å². The van der Waals surface area contributed by atoms with Crippen molar-refractivity contribution < 1.29 is 19.4 Å². The molecule has 21 heavy (non-hydrogen) atoms. The molecule has 0 saturated heterocycles. The quantitative estimate of drug-likeness (QED) is 0.712. The van der Waals surface area contributed by atoms with E-state index < -0.39 is 17.3 Å². The number of hydrogen-bond donors (Lipinski definition) is 3. The molecule has 5 aliphatic rings. The number of amides is 2. The number of nitrogens with one attached hydrogen (secondary N) is 1. The van der Waals surface area contributed by atoms with Gasteiger partial charge in [0.05, 0.1) is 5.60 Å². The average Bonchev–Trinajstić information content (AvgIpc) is 3.11. The molecular formula is C15H22N2O4. The number of aliphatic hydroxyl groups is 1. The molecule has 2 amide bonds. The summed E-state index contributed by atoms with van der Waals surface area (Å²) in [6, 6.07) is 0.114. The van der Waals surface area contributed by atoms with Gasteiger partial charge in [-0.1, -0.05) is 0 Å². The summed E-state index contributed by atoms with van der Waals surface area (Å²) in [4.78, 5) is 23.4. The van der Waals surface area contributed by atoms with Crippen molar-refractivity contribution in [1.82, 2.24) is 5.32 Å². The molecule has 116 valence electrons. The molecule has 5 fully saturated rings. The minimum absolute atomic E-state index is 0.114. The Labute approximate surface area is 123 Å². The topological polar surface area (TPSA) is 102 Å². The van der Waals surface area contributed by atoms with Gasteiger partial charge in [-0.3, -0.25) is 4.79 Å². The van der Waals surface area contributed by atoms with Crippen LogP contribution in [0.3, 0.4) is 0 Å². The predicted molar refractivity (Wildman–Crippen MR) is 73.1 cm³/mol. The minimum atomic E-state index is -1.02. The van der Waals surface area contributed by atoms with Gasteiger partial charge in [-0.25, -0.2) is 4.79 Å². The Morgan fingerprint density at radius 2 is 1.76 bits per heavy atom. The van der Waals surface area contributed by atoms with Gasteiger partial charge in [0, 0.05) is 18.9 Å². The summed E-state index contributed by atoms with van der Waals surface area (Å²) in [5.74, 6) is 1.12. The van der Waals surface area contributed by atoms with Crippen LogP contribution in [-0.4, -0.2) is 34.4 Å². The van der Waals surface area contributed by atoms with E-state index in [0.29, 0.717) is 30.6 Å². The third-order valence-electron chi connectivity index (χ3n) is 5.95. The molecule has 5 rings (SSSR count). The van der Waals surface area contributed by atoms with Crippen LogP contribution in [0, 0.1) is 17.8 Å². The highest BCUT2D eigenvalue weighted by molar-refractivity contribution is 5.90. The van der Waals surface area contributed by atoms with Crippen molar-refractivity contribution in [3.63, 3.8) is 0 Å². The molecule has 0 aromatic heterocycles. The van der Waals surface area contributed by atoms with Crippen LogP contribution in [0.15, 0.2) is 0 Å². The molecule has 6 nitrogen and oxygen atoms in total. The SMILES string of the molecule is NC(=O)OC1(C(=O)NC2C3CC4CC2CC(O)(C4)C3)CC1. The summed E-state index contributed by atoms with van der Waals surface area (Å²) >= 11 is 0. The van der Waals surface area contributed by atoms with Gasteiger partial charge in [-0.05, 0) is 49.9 Å². The smallest absolute Gasteiger partial charge is 0.405 e. The first kappa shape index (κ1) is 13.4.